The quantitative estimate of drug-likeness (QED) is 0.538. The van der Waals surface area contributed by atoms with Crippen molar-refractivity contribution >= 4 is 5.97 Å². The van der Waals surface area contributed by atoms with Crippen molar-refractivity contribution in [1.82, 2.24) is 4.90 Å². The van der Waals surface area contributed by atoms with E-state index in [-0.39, 0.29) is 5.97 Å². The first-order valence-electron chi connectivity index (χ1n) is 7.13. The number of methoxy groups -OCH3 is 1. The Kier molecular flexibility index (Phi) is 7.02. The zero-order chi connectivity index (χ0) is 13.4. The summed E-state index contributed by atoms with van der Waals surface area (Å²) in [5, 5.41) is 0. The zero-order valence-electron chi connectivity index (χ0n) is 12.1. The van der Waals surface area contributed by atoms with Crippen LogP contribution in [0.25, 0.3) is 0 Å². The van der Waals surface area contributed by atoms with Crippen molar-refractivity contribution in [3.05, 3.63) is 11.6 Å². The second-order valence-corrected chi connectivity index (χ2v) is 5.30. The Morgan fingerprint density at radius 2 is 2.00 bits per heavy atom. The first kappa shape index (κ1) is 15.2. The van der Waals surface area contributed by atoms with Gasteiger partial charge < -0.3 is 9.64 Å². The van der Waals surface area contributed by atoms with E-state index < -0.39 is 0 Å². The molecular formula is C15H27NO2. The molecule has 1 rings (SSSR count). The maximum absolute atomic E-state index is 11.4. The Balaban J connectivity index is 2.36. The molecule has 0 N–H and O–H groups in total. The molecule has 0 aliphatic heterocycles. The number of hydrogen-bond acceptors (Lipinski definition) is 3. The van der Waals surface area contributed by atoms with Crippen LogP contribution >= 0.6 is 0 Å². The van der Waals surface area contributed by atoms with Gasteiger partial charge in [0.15, 0.2) is 0 Å². The van der Waals surface area contributed by atoms with Crippen LogP contribution in [0.5, 0.6) is 0 Å². The fraction of sp³-hybridized carbons (Fsp3) is 0.800. The van der Waals surface area contributed by atoms with Crippen molar-refractivity contribution in [2.24, 2.45) is 5.92 Å². The lowest BCUT2D eigenvalue weighted by molar-refractivity contribution is -0.136. The Labute approximate surface area is 111 Å². The van der Waals surface area contributed by atoms with E-state index in [0.717, 1.165) is 31.0 Å². The fourth-order valence-corrected chi connectivity index (χ4v) is 2.65. The first-order chi connectivity index (χ1) is 8.67. The molecule has 0 radical (unpaired) electrons. The molecule has 3 nitrogen and oxygen atoms in total. The molecule has 1 aliphatic carbocycles. The molecule has 0 atom stereocenters. The van der Waals surface area contributed by atoms with E-state index in [0.29, 0.717) is 0 Å². The lowest BCUT2D eigenvalue weighted by Gasteiger charge is -2.26. The van der Waals surface area contributed by atoms with E-state index in [1.165, 1.54) is 39.2 Å². The highest BCUT2D eigenvalue weighted by molar-refractivity contribution is 5.88. The van der Waals surface area contributed by atoms with Crippen molar-refractivity contribution in [2.45, 2.75) is 45.4 Å². The van der Waals surface area contributed by atoms with Gasteiger partial charge in [-0.3, -0.25) is 0 Å². The van der Waals surface area contributed by atoms with Gasteiger partial charge in [-0.1, -0.05) is 32.3 Å². The monoisotopic (exact) mass is 253 g/mol. The Bertz CT molecular complexity index is 280. The summed E-state index contributed by atoms with van der Waals surface area (Å²) in [5.41, 5.74) is 0.785. The smallest absolute Gasteiger partial charge is 0.333 e. The van der Waals surface area contributed by atoms with Crippen LogP contribution in [0.2, 0.25) is 0 Å². The van der Waals surface area contributed by atoms with Gasteiger partial charge >= 0.3 is 5.97 Å². The molecule has 0 aromatic rings. The minimum atomic E-state index is -0.191. The molecule has 0 spiro atoms. The zero-order valence-corrected chi connectivity index (χ0v) is 12.1. The number of likely N-dealkylation sites (N-methyl/N-ethyl adjacent to an activating group) is 1. The van der Waals surface area contributed by atoms with Crippen LogP contribution in [-0.2, 0) is 9.53 Å². The van der Waals surface area contributed by atoms with E-state index in [2.05, 4.69) is 11.9 Å². The third kappa shape index (κ3) is 5.21. The number of rotatable bonds is 6. The van der Waals surface area contributed by atoms with Gasteiger partial charge in [0.05, 0.1) is 7.11 Å². The summed E-state index contributed by atoms with van der Waals surface area (Å²) in [7, 11) is 3.58. The van der Waals surface area contributed by atoms with Crippen molar-refractivity contribution in [3.8, 4) is 0 Å². The van der Waals surface area contributed by atoms with Crippen LogP contribution in [0.1, 0.15) is 45.4 Å². The summed E-state index contributed by atoms with van der Waals surface area (Å²) in [6, 6.07) is 0. The van der Waals surface area contributed by atoms with Gasteiger partial charge in [0.2, 0.25) is 0 Å². The minimum Gasteiger partial charge on any atom is -0.466 e. The summed E-state index contributed by atoms with van der Waals surface area (Å²) in [6.07, 6.45) is 9.66. The molecule has 1 fully saturated rings. The van der Waals surface area contributed by atoms with Crippen molar-refractivity contribution in [2.75, 3.05) is 27.2 Å². The minimum absolute atomic E-state index is 0.191. The predicted octanol–water partition coefficient (Wildman–Crippen LogP) is 3.01. The highest BCUT2D eigenvalue weighted by Crippen LogP contribution is 2.24. The molecule has 18 heavy (non-hydrogen) atoms. The number of ether oxygens (including phenoxy) is 1. The van der Waals surface area contributed by atoms with E-state index in [4.69, 9.17) is 4.74 Å². The number of esters is 1. The summed E-state index contributed by atoms with van der Waals surface area (Å²) in [6.45, 7) is 3.98. The van der Waals surface area contributed by atoms with Gasteiger partial charge in [-0.25, -0.2) is 4.79 Å². The van der Waals surface area contributed by atoms with Crippen LogP contribution < -0.4 is 0 Å². The molecule has 0 saturated heterocycles. The number of hydrogen-bond donors (Lipinski definition) is 0. The van der Waals surface area contributed by atoms with Gasteiger partial charge in [0.25, 0.3) is 0 Å². The van der Waals surface area contributed by atoms with Crippen LogP contribution in [0.4, 0.5) is 0 Å². The van der Waals surface area contributed by atoms with Crippen LogP contribution in [0.3, 0.4) is 0 Å². The summed E-state index contributed by atoms with van der Waals surface area (Å²) < 4.78 is 4.76. The second-order valence-electron chi connectivity index (χ2n) is 5.30. The van der Waals surface area contributed by atoms with Gasteiger partial charge in [-0.05, 0) is 32.2 Å². The Morgan fingerprint density at radius 3 is 2.56 bits per heavy atom. The van der Waals surface area contributed by atoms with Gasteiger partial charge in [-0.15, -0.1) is 0 Å². The summed E-state index contributed by atoms with van der Waals surface area (Å²) in [4.78, 5) is 13.8. The molecule has 1 aliphatic rings. The average molecular weight is 253 g/mol. The third-order valence-electron chi connectivity index (χ3n) is 3.77. The predicted molar refractivity (Wildman–Crippen MR) is 74.5 cm³/mol. The van der Waals surface area contributed by atoms with Crippen LogP contribution in [-0.4, -0.2) is 38.1 Å². The molecule has 0 amide bonds. The normalized spacial score (nSPS) is 18.1. The molecule has 104 valence electrons. The van der Waals surface area contributed by atoms with E-state index in [1.807, 2.05) is 13.0 Å². The summed E-state index contributed by atoms with van der Waals surface area (Å²) >= 11 is 0. The largest absolute Gasteiger partial charge is 0.466 e. The maximum atomic E-state index is 11.4. The number of carbonyl (C=O) groups is 1. The average Bonchev–Trinajstić information content (AvgIpc) is 2.40. The Morgan fingerprint density at radius 1 is 1.33 bits per heavy atom. The lowest BCUT2D eigenvalue weighted by Crippen LogP contribution is -2.27. The second kappa shape index (κ2) is 8.30. The van der Waals surface area contributed by atoms with Gasteiger partial charge in [0, 0.05) is 18.7 Å². The van der Waals surface area contributed by atoms with Gasteiger partial charge in [-0.2, -0.15) is 0 Å². The molecule has 0 aromatic heterocycles. The molecule has 0 heterocycles. The summed E-state index contributed by atoms with van der Waals surface area (Å²) in [5.74, 6) is 0.656. The Hall–Kier alpha value is -0.830. The number of carbonyl (C=O) groups excluding carboxylic acids is 1. The highest BCUT2D eigenvalue weighted by Gasteiger charge is 2.15. The van der Waals surface area contributed by atoms with Crippen LogP contribution in [0.15, 0.2) is 11.6 Å². The SMILES string of the molecule is CCC(=CCN(C)CC1CCCCC1)C(=O)OC. The van der Waals surface area contributed by atoms with Crippen LogP contribution in [0, 0.1) is 5.92 Å². The lowest BCUT2D eigenvalue weighted by atomic mass is 9.89. The molecule has 0 aromatic carbocycles. The van der Waals surface area contributed by atoms with E-state index in [1.54, 1.807) is 0 Å². The van der Waals surface area contributed by atoms with Gasteiger partial charge in [0.1, 0.15) is 0 Å². The molecule has 3 heteroatoms. The van der Waals surface area contributed by atoms with E-state index in [9.17, 15) is 4.79 Å². The van der Waals surface area contributed by atoms with Crippen molar-refractivity contribution in [1.29, 1.82) is 0 Å². The molecule has 1 saturated carbocycles. The first-order valence-corrected chi connectivity index (χ1v) is 7.13. The molecule has 0 unspecified atom stereocenters. The fourth-order valence-electron chi connectivity index (χ4n) is 2.65. The van der Waals surface area contributed by atoms with E-state index >= 15 is 0 Å². The third-order valence-corrected chi connectivity index (χ3v) is 3.77. The molecule has 0 bridgehead atoms. The molecular weight excluding hydrogens is 226 g/mol. The number of nitrogens with zero attached hydrogens (tertiary/aromatic N) is 1. The van der Waals surface area contributed by atoms with Crippen molar-refractivity contribution in [3.63, 3.8) is 0 Å². The topological polar surface area (TPSA) is 29.5 Å². The van der Waals surface area contributed by atoms with Crippen molar-refractivity contribution < 1.29 is 9.53 Å². The highest BCUT2D eigenvalue weighted by atomic mass is 16.5. The standard InChI is InChI=1S/C15H27NO2/c1-4-14(15(17)18-3)10-11-16(2)12-13-8-6-5-7-9-13/h10,13H,4-9,11-12H2,1-3H3. The maximum Gasteiger partial charge on any atom is 0.333 e.